The molecule has 1 aromatic carbocycles. The molecule has 2 aromatic rings. The molecule has 0 saturated heterocycles. The summed E-state index contributed by atoms with van der Waals surface area (Å²) in [6.07, 6.45) is 0. The lowest BCUT2D eigenvalue weighted by Crippen LogP contribution is -2.17. The zero-order chi connectivity index (χ0) is 15.8. The van der Waals surface area contributed by atoms with E-state index in [1.807, 2.05) is 0 Å². The zero-order valence-electron chi connectivity index (χ0n) is 10.5. The molecule has 10 heteroatoms. The quantitative estimate of drug-likeness (QED) is 0.784. The summed E-state index contributed by atoms with van der Waals surface area (Å²) < 4.78 is 26.9. The first-order valence-electron chi connectivity index (χ1n) is 5.49. The smallest absolute Gasteiger partial charge is 0.357 e. The second-order valence-corrected chi connectivity index (χ2v) is 6.44. The molecule has 7 nitrogen and oxygen atoms in total. The number of aromatic amines is 1. The third-order valence-corrected chi connectivity index (χ3v) is 4.90. The minimum Gasteiger partial charge on any atom is -0.476 e. The van der Waals surface area contributed by atoms with Gasteiger partial charge in [0.25, 0.3) is 10.0 Å². The van der Waals surface area contributed by atoms with Crippen molar-refractivity contribution in [3.63, 3.8) is 0 Å². The van der Waals surface area contributed by atoms with Crippen LogP contribution in [0.1, 0.15) is 16.2 Å². The topological polar surface area (TPSA) is 112 Å². The highest BCUT2D eigenvalue weighted by molar-refractivity contribution is 7.92. The molecule has 0 aliphatic rings. The van der Waals surface area contributed by atoms with Crippen LogP contribution in [0.4, 0.5) is 5.69 Å². The number of hydrogen-bond acceptors (Lipinski definition) is 4. The van der Waals surface area contributed by atoms with Crippen molar-refractivity contribution in [1.29, 1.82) is 0 Å². The van der Waals surface area contributed by atoms with E-state index in [0.29, 0.717) is 0 Å². The van der Waals surface area contributed by atoms with Crippen LogP contribution in [-0.2, 0) is 10.0 Å². The standard InChI is InChI=1S/C11H9Cl2N3O4S/c1-5-10(9(11(17)18)15-14-5)21(19,20)16-7-4-2-3-6(12)8(7)13/h2-4,16H,1H3,(H,14,15)(H,17,18). The van der Waals surface area contributed by atoms with E-state index in [9.17, 15) is 13.2 Å². The molecule has 0 saturated carbocycles. The highest BCUT2D eigenvalue weighted by Gasteiger charge is 2.28. The van der Waals surface area contributed by atoms with Gasteiger partial charge in [0.05, 0.1) is 21.4 Å². The predicted molar refractivity (Wildman–Crippen MR) is 77.6 cm³/mol. The van der Waals surface area contributed by atoms with Crippen LogP contribution in [0.5, 0.6) is 0 Å². The normalized spacial score (nSPS) is 11.4. The third kappa shape index (κ3) is 2.97. The monoisotopic (exact) mass is 349 g/mol. The maximum Gasteiger partial charge on any atom is 0.357 e. The number of aromatic nitrogens is 2. The van der Waals surface area contributed by atoms with Crippen molar-refractivity contribution in [3.05, 3.63) is 39.6 Å². The number of carboxylic acid groups (broad SMARTS) is 1. The number of sulfonamides is 1. The number of hydrogen-bond donors (Lipinski definition) is 3. The Kier molecular flexibility index (Phi) is 4.13. The number of nitrogens with one attached hydrogen (secondary N) is 2. The lowest BCUT2D eigenvalue weighted by atomic mass is 10.3. The summed E-state index contributed by atoms with van der Waals surface area (Å²) in [7, 11) is -4.18. The molecule has 0 unspecified atom stereocenters. The Morgan fingerprint density at radius 2 is 2.05 bits per heavy atom. The summed E-state index contributed by atoms with van der Waals surface area (Å²) in [6, 6.07) is 4.40. The van der Waals surface area contributed by atoms with Gasteiger partial charge < -0.3 is 5.11 Å². The molecule has 1 aromatic heterocycles. The number of carboxylic acids is 1. The number of halogens is 2. The predicted octanol–water partition coefficient (Wildman–Crippen LogP) is 2.52. The fourth-order valence-corrected chi connectivity index (χ4v) is 3.47. The molecular formula is C11H9Cl2N3O4S. The Balaban J connectivity index is 2.51. The van der Waals surface area contributed by atoms with Gasteiger partial charge in [0, 0.05) is 0 Å². The van der Waals surface area contributed by atoms with E-state index < -0.39 is 26.6 Å². The van der Waals surface area contributed by atoms with E-state index in [0.717, 1.165) is 0 Å². The SMILES string of the molecule is Cc1[nH]nc(C(=O)O)c1S(=O)(=O)Nc1cccc(Cl)c1Cl. The number of anilines is 1. The van der Waals surface area contributed by atoms with Crippen molar-refractivity contribution in [1.82, 2.24) is 10.2 Å². The maximum absolute atomic E-state index is 12.3. The fourth-order valence-electron chi connectivity index (χ4n) is 1.67. The first-order chi connectivity index (χ1) is 9.74. The van der Waals surface area contributed by atoms with Gasteiger partial charge in [0.2, 0.25) is 0 Å². The number of nitrogens with zero attached hydrogens (tertiary/aromatic N) is 1. The van der Waals surface area contributed by atoms with Gasteiger partial charge in [-0.3, -0.25) is 9.82 Å². The Morgan fingerprint density at radius 1 is 1.38 bits per heavy atom. The van der Waals surface area contributed by atoms with Gasteiger partial charge in [-0.25, -0.2) is 13.2 Å². The van der Waals surface area contributed by atoms with Gasteiger partial charge >= 0.3 is 5.97 Å². The Hall–Kier alpha value is -1.77. The zero-order valence-corrected chi connectivity index (χ0v) is 12.8. The Labute approximate surface area is 129 Å². The first kappa shape index (κ1) is 15.6. The molecule has 0 aliphatic carbocycles. The van der Waals surface area contributed by atoms with Crippen molar-refractivity contribution in [3.8, 4) is 0 Å². The summed E-state index contributed by atoms with van der Waals surface area (Å²) >= 11 is 11.7. The highest BCUT2D eigenvalue weighted by Crippen LogP contribution is 2.31. The second-order valence-electron chi connectivity index (χ2n) is 4.04. The molecule has 2 rings (SSSR count). The van der Waals surface area contributed by atoms with Crippen LogP contribution in [0.25, 0.3) is 0 Å². The van der Waals surface area contributed by atoms with Crippen LogP contribution in [0, 0.1) is 6.92 Å². The summed E-state index contributed by atoms with van der Waals surface area (Å²) in [5.41, 5.74) is -0.461. The van der Waals surface area contributed by atoms with Crippen LogP contribution in [0.15, 0.2) is 23.1 Å². The summed E-state index contributed by atoms with van der Waals surface area (Å²) in [6.45, 7) is 1.40. The number of benzene rings is 1. The molecular weight excluding hydrogens is 341 g/mol. The van der Waals surface area contributed by atoms with Crippen LogP contribution >= 0.6 is 23.2 Å². The summed E-state index contributed by atoms with van der Waals surface area (Å²) in [5, 5.41) is 15.0. The van der Waals surface area contributed by atoms with Gasteiger partial charge in [-0.2, -0.15) is 5.10 Å². The van der Waals surface area contributed by atoms with Gasteiger partial charge in [0.1, 0.15) is 4.90 Å². The Morgan fingerprint density at radius 3 is 2.67 bits per heavy atom. The van der Waals surface area contributed by atoms with Crippen molar-refractivity contribution in [2.45, 2.75) is 11.8 Å². The summed E-state index contributed by atoms with van der Waals surface area (Å²) in [4.78, 5) is 10.6. The van der Waals surface area contributed by atoms with Gasteiger partial charge in [-0.05, 0) is 19.1 Å². The summed E-state index contributed by atoms with van der Waals surface area (Å²) in [5.74, 6) is -1.46. The van der Waals surface area contributed by atoms with Crippen molar-refractivity contribution in [2.24, 2.45) is 0 Å². The average Bonchev–Trinajstić information content (AvgIpc) is 2.78. The van der Waals surface area contributed by atoms with E-state index in [1.165, 1.54) is 25.1 Å². The van der Waals surface area contributed by atoms with Crippen LogP contribution in [0.2, 0.25) is 10.0 Å². The number of H-pyrrole nitrogens is 1. The Bertz CT molecular complexity index is 817. The molecule has 21 heavy (non-hydrogen) atoms. The lowest BCUT2D eigenvalue weighted by molar-refractivity contribution is 0.0686. The largest absolute Gasteiger partial charge is 0.476 e. The molecule has 0 spiro atoms. The first-order valence-corrected chi connectivity index (χ1v) is 7.73. The van der Waals surface area contributed by atoms with Gasteiger partial charge in [-0.1, -0.05) is 29.3 Å². The second kappa shape index (κ2) is 5.55. The van der Waals surface area contributed by atoms with Gasteiger partial charge in [-0.15, -0.1) is 0 Å². The molecule has 0 radical (unpaired) electrons. The van der Waals surface area contributed by atoms with Crippen molar-refractivity contribution < 1.29 is 18.3 Å². The average molecular weight is 350 g/mol. The van der Waals surface area contributed by atoms with E-state index >= 15 is 0 Å². The van der Waals surface area contributed by atoms with E-state index in [2.05, 4.69) is 14.9 Å². The maximum atomic E-state index is 12.3. The lowest BCUT2D eigenvalue weighted by Gasteiger charge is -2.10. The minimum absolute atomic E-state index is 0.0146. The highest BCUT2D eigenvalue weighted by atomic mass is 35.5. The molecule has 0 fully saturated rings. The molecule has 0 aliphatic heterocycles. The molecule has 0 bridgehead atoms. The fraction of sp³-hybridized carbons (Fsp3) is 0.0909. The molecule has 0 atom stereocenters. The molecule has 112 valence electrons. The van der Waals surface area contributed by atoms with E-state index in [4.69, 9.17) is 28.3 Å². The van der Waals surface area contributed by atoms with Gasteiger partial charge in [0.15, 0.2) is 5.69 Å². The molecule has 3 N–H and O–H groups in total. The van der Waals surface area contributed by atoms with E-state index in [1.54, 1.807) is 0 Å². The van der Waals surface area contributed by atoms with Crippen LogP contribution < -0.4 is 4.72 Å². The number of aromatic carboxylic acids is 1. The third-order valence-electron chi connectivity index (χ3n) is 2.56. The van der Waals surface area contributed by atoms with Crippen LogP contribution in [-0.4, -0.2) is 29.7 Å². The van der Waals surface area contributed by atoms with E-state index in [-0.39, 0.29) is 21.4 Å². The van der Waals surface area contributed by atoms with Crippen molar-refractivity contribution in [2.75, 3.05) is 4.72 Å². The van der Waals surface area contributed by atoms with Crippen molar-refractivity contribution >= 4 is 44.9 Å². The number of rotatable bonds is 4. The minimum atomic E-state index is -4.18. The number of carbonyl (C=O) groups is 1. The molecule has 0 amide bonds. The van der Waals surface area contributed by atoms with Crippen LogP contribution in [0.3, 0.4) is 0 Å². The molecule has 1 heterocycles. The number of aryl methyl sites for hydroxylation is 1.